The first-order valence-electron chi connectivity index (χ1n) is 7.14. The van der Waals surface area contributed by atoms with Crippen LogP contribution in [0, 0.1) is 17.3 Å². The number of piperidine rings is 1. The van der Waals surface area contributed by atoms with Crippen LogP contribution in [-0.4, -0.2) is 39.3 Å². The third-order valence-electron chi connectivity index (χ3n) is 4.50. The SMILES string of the molecule is COCC1(CNC(=O)C(C)C2CC2)CCNCC1. The fraction of sp³-hybridized carbons (Fsp3) is 0.929. The molecule has 1 aliphatic carbocycles. The summed E-state index contributed by atoms with van der Waals surface area (Å²) in [6.07, 6.45) is 4.61. The van der Waals surface area contributed by atoms with E-state index in [9.17, 15) is 4.79 Å². The maximum Gasteiger partial charge on any atom is 0.223 e. The molecule has 2 fully saturated rings. The van der Waals surface area contributed by atoms with Crippen molar-refractivity contribution in [2.45, 2.75) is 32.6 Å². The monoisotopic (exact) mass is 254 g/mol. The minimum atomic E-state index is 0.138. The second-order valence-corrected chi connectivity index (χ2v) is 6.03. The van der Waals surface area contributed by atoms with E-state index in [-0.39, 0.29) is 17.2 Å². The van der Waals surface area contributed by atoms with Crippen LogP contribution in [0.3, 0.4) is 0 Å². The Morgan fingerprint density at radius 1 is 1.44 bits per heavy atom. The summed E-state index contributed by atoms with van der Waals surface area (Å²) < 4.78 is 5.36. The van der Waals surface area contributed by atoms with Gasteiger partial charge in [-0.25, -0.2) is 0 Å². The highest BCUT2D eigenvalue weighted by Crippen LogP contribution is 2.36. The van der Waals surface area contributed by atoms with Gasteiger partial charge in [-0.15, -0.1) is 0 Å². The lowest BCUT2D eigenvalue weighted by molar-refractivity contribution is -0.126. The summed E-state index contributed by atoms with van der Waals surface area (Å²) in [7, 11) is 1.75. The van der Waals surface area contributed by atoms with Crippen molar-refractivity contribution in [3.63, 3.8) is 0 Å². The van der Waals surface area contributed by atoms with E-state index in [1.165, 1.54) is 12.8 Å². The van der Waals surface area contributed by atoms with Crippen molar-refractivity contribution in [1.29, 1.82) is 0 Å². The van der Waals surface area contributed by atoms with E-state index in [1.807, 2.05) is 0 Å². The van der Waals surface area contributed by atoms with Crippen LogP contribution in [-0.2, 0) is 9.53 Å². The predicted molar refractivity (Wildman–Crippen MR) is 71.3 cm³/mol. The number of carbonyl (C=O) groups is 1. The summed E-state index contributed by atoms with van der Waals surface area (Å²) in [6.45, 7) is 5.61. The van der Waals surface area contributed by atoms with E-state index in [2.05, 4.69) is 17.6 Å². The molecule has 0 aromatic carbocycles. The molecule has 0 radical (unpaired) electrons. The van der Waals surface area contributed by atoms with Crippen LogP contribution in [0.4, 0.5) is 0 Å². The molecule has 1 saturated carbocycles. The molecule has 1 heterocycles. The minimum Gasteiger partial charge on any atom is -0.384 e. The van der Waals surface area contributed by atoms with E-state index in [4.69, 9.17) is 4.74 Å². The van der Waals surface area contributed by atoms with Gasteiger partial charge in [0.2, 0.25) is 5.91 Å². The number of carbonyl (C=O) groups excluding carboxylic acids is 1. The van der Waals surface area contributed by atoms with Crippen molar-refractivity contribution in [3.8, 4) is 0 Å². The maximum atomic E-state index is 12.0. The summed E-state index contributed by atoms with van der Waals surface area (Å²) in [5.41, 5.74) is 0.138. The van der Waals surface area contributed by atoms with Crippen LogP contribution >= 0.6 is 0 Å². The zero-order valence-electron chi connectivity index (χ0n) is 11.6. The lowest BCUT2D eigenvalue weighted by Crippen LogP contribution is -2.48. The molecular weight excluding hydrogens is 228 g/mol. The Balaban J connectivity index is 1.82. The molecule has 2 aliphatic rings. The van der Waals surface area contributed by atoms with Gasteiger partial charge >= 0.3 is 0 Å². The molecule has 2 rings (SSSR count). The molecule has 18 heavy (non-hydrogen) atoms. The van der Waals surface area contributed by atoms with E-state index in [0.29, 0.717) is 5.92 Å². The Morgan fingerprint density at radius 2 is 2.11 bits per heavy atom. The smallest absolute Gasteiger partial charge is 0.223 e. The minimum absolute atomic E-state index is 0.138. The van der Waals surface area contributed by atoms with Crippen molar-refractivity contribution in [1.82, 2.24) is 10.6 Å². The molecule has 1 aliphatic heterocycles. The second-order valence-electron chi connectivity index (χ2n) is 6.03. The Kier molecular flexibility index (Phi) is 4.62. The standard InChI is InChI=1S/C14H26N2O2/c1-11(12-3-4-12)13(17)16-9-14(10-18-2)5-7-15-8-6-14/h11-12,15H,3-10H2,1-2H3,(H,16,17). The van der Waals surface area contributed by atoms with Crippen LogP contribution in [0.5, 0.6) is 0 Å². The van der Waals surface area contributed by atoms with Crippen LogP contribution in [0.25, 0.3) is 0 Å². The van der Waals surface area contributed by atoms with Gasteiger partial charge in [0.25, 0.3) is 0 Å². The average Bonchev–Trinajstić information content (AvgIpc) is 3.21. The first kappa shape index (κ1) is 13.8. The fourth-order valence-electron chi connectivity index (χ4n) is 2.88. The first-order chi connectivity index (χ1) is 8.67. The molecule has 4 heteroatoms. The Hall–Kier alpha value is -0.610. The van der Waals surface area contributed by atoms with Gasteiger partial charge < -0.3 is 15.4 Å². The van der Waals surface area contributed by atoms with Gasteiger partial charge in [0.15, 0.2) is 0 Å². The van der Waals surface area contributed by atoms with Crippen molar-refractivity contribution < 1.29 is 9.53 Å². The lowest BCUT2D eigenvalue weighted by Gasteiger charge is -2.37. The zero-order valence-corrected chi connectivity index (χ0v) is 11.6. The van der Waals surface area contributed by atoms with Crippen LogP contribution < -0.4 is 10.6 Å². The molecule has 0 aromatic heterocycles. The molecule has 0 spiro atoms. The number of amides is 1. The van der Waals surface area contributed by atoms with E-state index in [1.54, 1.807) is 7.11 Å². The first-order valence-corrected chi connectivity index (χ1v) is 7.14. The van der Waals surface area contributed by atoms with E-state index in [0.717, 1.165) is 39.1 Å². The second kappa shape index (κ2) is 6.02. The third kappa shape index (κ3) is 3.45. The van der Waals surface area contributed by atoms with Gasteiger partial charge in [-0.05, 0) is 44.7 Å². The van der Waals surface area contributed by atoms with Gasteiger partial charge in [-0.2, -0.15) is 0 Å². The van der Waals surface area contributed by atoms with Crippen molar-refractivity contribution in [2.24, 2.45) is 17.3 Å². The molecule has 0 bridgehead atoms. The fourth-order valence-corrected chi connectivity index (χ4v) is 2.88. The number of rotatable bonds is 6. The highest BCUT2D eigenvalue weighted by molar-refractivity contribution is 5.78. The number of methoxy groups -OCH3 is 1. The Bertz CT molecular complexity index is 278. The number of hydrogen-bond donors (Lipinski definition) is 2. The van der Waals surface area contributed by atoms with Crippen LogP contribution in [0.2, 0.25) is 0 Å². The summed E-state index contributed by atoms with van der Waals surface area (Å²) >= 11 is 0. The van der Waals surface area contributed by atoms with Gasteiger partial charge in [-0.3, -0.25) is 4.79 Å². The molecule has 1 unspecified atom stereocenters. The van der Waals surface area contributed by atoms with Crippen LogP contribution in [0.15, 0.2) is 0 Å². The molecular formula is C14H26N2O2. The molecule has 1 saturated heterocycles. The number of ether oxygens (including phenoxy) is 1. The summed E-state index contributed by atoms with van der Waals surface area (Å²) in [6, 6.07) is 0. The summed E-state index contributed by atoms with van der Waals surface area (Å²) in [5, 5.41) is 6.52. The van der Waals surface area contributed by atoms with Crippen LogP contribution in [0.1, 0.15) is 32.6 Å². The topological polar surface area (TPSA) is 50.4 Å². The average molecular weight is 254 g/mol. The highest BCUT2D eigenvalue weighted by atomic mass is 16.5. The predicted octanol–water partition coefficient (Wildman–Crippen LogP) is 1.16. The Morgan fingerprint density at radius 3 is 2.67 bits per heavy atom. The zero-order chi connectivity index (χ0) is 13.0. The third-order valence-corrected chi connectivity index (χ3v) is 4.50. The summed E-state index contributed by atoms with van der Waals surface area (Å²) in [5.74, 6) is 1.05. The van der Waals surface area contributed by atoms with Gasteiger partial charge in [0.05, 0.1) is 6.61 Å². The summed E-state index contributed by atoms with van der Waals surface area (Å²) in [4.78, 5) is 12.0. The largest absolute Gasteiger partial charge is 0.384 e. The number of hydrogen-bond acceptors (Lipinski definition) is 3. The molecule has 1 atom stereocenters. The molecule has 1 amide bonds. The van der Waals surface area contributed by atoms with E-state index >= 15 is 0 Å². The molecule has 2 N–H and O–H groups in total. The quantitative estimate of drug-likeness (QED) is 0.748. The number of nitrogens with one attached hydrogen (secondary N) is 2. The normalized spacial score (nSPS) is 24.6. The molecule has 0 aromatic rings. The van der Waals surface area contributed by atoms with Crippen molar-refractivity contribution in [2.75, 3.05) is 33.4 Å². The maximum absolute atomic E-state index is 12.0. The molecule has 104 valence electrons. The van der Waals surface area contributed by atoms with Gasteiger partial charge in [-0.1, -0.05) is 6.92 Å². The Labute approximate surface area is 110 Å². The van der Waals surface area contributed by atoms with E-state index < -0.39 is 0 Å². The highest BCUT2D eigenvalue weighted by Gasteiger charge is 2.35. The molecule has 4 nitrogen and oxygen atoms in total. The lowest BCUT2D eigenvalue weighted by atomic mass is 9.79. The van der Waals surface area contributed by atoms with Gasteiger partial charge in [0, 0.05) is 25.0 Å². The van der Waals surface area contributed by atoms with Gasteiger partial charge in [0.1, 0.15) is 0 Å². The van der Waals surface area contributed by atoms with Crippen molar-refractivity contribution >= 4 is 5.91 Å². The van der Waals surface area contributed by atoms with Crippen molar-refractivity contribution in [3.05, 3.63) is 0 Å².